The molecule has 0 aliphatic heterocycles. The molecule has 0 spiro atoms. The Kier molecular flexibility index (Phi) is 12.7. The molecule has 180 valence electrons. The Morgan fingerprint density at radius 2 is 1.62 bits per heavy atom. The highest BCUT2D eigenvalue weighted by Crippen LogP contribution is 2.24. The number of hydrogen-bond acceptors (Lipinski definition) is 7. The second kappa shape index (κ2) is 15.6. The SMILES string of the molecule is NCCCNCCCCNCCCN(O)CCCNC(=O)Cc1cc2c(O)cccc2[nH]1. The molecule has 0 radical (unpaired) electrons. The number of nitrogens with one attached hydrogen (secondary N) is 4. The third-order valence-corrected chi connectivity index (χ3v) is 5.25. The van der Waals surface area contributed by atoms with Gasteiger partial charge < -0.3 is 37.0 Å². The number of phenols is 1. The van der Waals surface area contributed by atoms with Crippen molar-refractivity contribution in [3.8, 4) is 5.75 Å². The maximum absolute atomic E-state index is 12.1. The molecule has 0 unspecified atom stereocenters. The van der Waals surface area contributed by atoms with Crippen LogP contribution >= 0.6 is 0 Å². The minimum absolute atomic E-state index is 0.0840. The largest absolute Gasteiger partial charge is 0.507 e. The normalized spacial score (nSPS) is 11.5. The van der Waals surface area contributed by atoms with E-state index in [1.165, 1.54) is 5.06 Å². The summed E-state index contributed by atoms with van der Waals surface area (Å²) in [6.45, 7) is 6.29. The first-order valence-electron chi connectivity index (χ1n) is 11.7. The minimum atomic E-state index is -0.0840. The summed E-state index contributed by atoms with van der Waals surface area (Å²) in [4.78, 5) is 15.3. The molecule has 2 rings (SSSR count). The summed E-state index contributed by atoms with van der Waals surface area (Å²) >= 11 is 0. The topological polar surface area (TPSA) is 139 Å². The lowest BCUT2D eigenvalue weighted by Crippen LogP contribution is -2.30. The van der Waals surface area contributed by atoms with E-state index in [9.17, 15) is 15.1 Å². The molecule has 1 aromatic heterocycles. The molecule has 0 bridgehead atoms. The number of nitrogens with zero attached hydrogens (tertiary/aromatic N) is 1. The van der Waals surface area contributed by atoms with E-state index in [0.717, 1.165) is 75.0 Å². The van der Waals surface area contributed by atoms with Gasteiger partial charge in [0.1, 0.15) is 5.75 Å². The van der Waals surface area contributed by atoms with Crippen LogP contribution in [-0.4, -0.2) is 78.6 Å². The van der Waals surface area contributed by atoms with Crippen LogP contribution in [0.25, 0.3) is 10.9 Å². The fraction of sp³-hybridized carbons (Fsp3) is 0.609. The Morgan fingerprint density at radius 3 is 2.31 bits per heavy atom. The molecular formula is C23H40N6O3. The number of fused-ring (bicyclic) bond motifs is 1. The zero-order valence-corrected chi connectivity index (χ0v) is 19.0. The Hall–Kier alpha value is -2.17. The Morgan fingerprint density at radius 1 is 0.969 bits per heavy atom. The van der Waals surface area contributed by atoms with Crippen LogP contribution < -0.4 is 21.7 Å². The first-order chi connectivity index (χ1) is 15.6. The van der Waals surface area contributed by atoms with E-state index >= 15 is 0 Å². The van der Waals surface area contributed by atoms with Crippen molar-refractivity contribution in [1.29, 1.82) is 0 Å². The highest BCUT2D eigenvalue weighted by Gasteiger charge is 2.09. The second-order valence-electron chi connectivity index (χ2n) is 8.07. The van der Waals surface area contributed by atoms with Crippen LogP contribution in [0.4, 0.5) is 0 Å². The standard InChI is InChI=1S/C23H40N6O3/c24-9-4-12-25-10-1-2-11-26-13-5-15-29(32)16-6-14-27-23(31)18-19-17-20-21(28-19)7-3-8-22(20)30/h3,7-8,17,25-26,28,30,32H,1-2,4-6,9-16,18,24H2,(H,27,31). The molecular weight excluding hydrogens is 408 g/mol. The number of aromatic hydroxyl groups is 1. The third-order valence-electron chi connectivity index (χ3n) is 5.25. The number of aromatic amines is 1. The van der Waals surface area contributed by atoms with Crippen LogP contribution in [0.5, 0.6) is 5.75 Å². The quantitative estimate of drug-likeness (QED) is 0.135. The highest BCUT2D eigenvalue weighted by molar-refractivity contribution is 5.88. The molecule has 0 atom stereocenters. The minimum Gasteiger partial charge on any atom is -0.507 e. The van der Waals surface area contributed by atoms with Gasteiger partial charge in [-0.1, -0.05) is 6.07 Å². The van der Waals surface area contributed by atoms with Gasteiger partial charge in [-0.2, -0.15) is 5.06 Å². The molecule has 9 nitrogen and oxygen atoms in total. The predicted octanol–water partition coefficient (Wildman–Crippen LogP) is 1.31. The van der Waals surface area contributed by atoms with Crippen molar-refractivity contribution in [3.63, 3.8) is 0 Å². The van der Waals surface area contributed by atoms with Gasteiger partial charge >= 0.3 is 0 Å². The van der Waals surface area contributed by atoms with Crippen molar-refractivity contribution < 1.29 is 15.1 Å². The second-order valence-corrected chi connectivity index (χ2v) is 8.07. The lowest BCUT2D eigenvalue weighted by molar-refractivity contribution is -0.120. The van der Waals surface area contributed by atoms with Crippen molar-refractivity contribution in [2.75, 3.05) is 52.4 Å². The van der Waals surface area contributed by atoms with Crippen LogP contribution in [-0.2, 0) is 11.2 Å². The van der Waals surface area contributed by atoms with E-state index in [-0.39, 0.29) is 18.1 Å². The Bertz CT molecular complexity index is 782. The van der Waals surface area contributed by atoms with E-state index in [2.05, 4.69) is 20.9 Å². The van der Waals surface area contributed by atoms with Gasteiger partial charge in [0.2, 0.25) is 5.91 Å². The van der Waals surface area contributed by atoms with Crippen LogP contribution in [0.3, 0.4) is 0 Å². The highest BCUT2D eigenvalue weighted by atomic mass is 16.5. The molecule has 2 aromatic rings. The van der Waals surface area contributed by atoms with Gasteiger partial charge in [0.25, 0.3) is 0 Å². The molecule has 8 N–H and O–H groups in total. The van der Waals surface area contributed by atoms with Gasteiger partial charge in [-0.05, 0) is 83.0 Å². The molecule has 0 aliphatic rings. The summed E-state index contributed by atoms with van der Waals surface area (Å²) in [5.74, 6) is 0.120. The van der Waals surface area contributed by atoms with Gasteiger partial charge in [-0.15, -0.1) is 0 Å². The van der Waals surface area contributed by atoms with E-state index in [1.54, 1.807) is 18.2 Å². The molecule has 0 aliphatic carbocycles. The van der Waals surface area contributed by atoms with Crippen molar-refractivity contribution in [3.05, 3.63) is 30.0 Å². The zero-order valence-electron chi connectivity index (χ0n) is 19.0. The first kappa shape index (κ1) is 26.1. The number of aromatic nitrogens is 1. The molecule has 9 heteroatoms. The maximum atomic E-state index is 12.1. The lowest BCUT2D eigenvalue weighted by atomic mass is 10.2. The Labute approximate surface area is 190 Å². The van der Waals surface area contributed by atoms with Crippen LogP contribution in [0.15, 0.2) is 24.3 Å². The number of benzene rings is 1. The van der Waals surface area contributed by atoms with Gasteiger partial charge in [0, 0.05) is 36.2 Å². The summed E-state index contributed by atoms with van der Waals surface area (Å²) in [6, 6.07) is 7.06. The number of unbranched alkanes of at least 4 members (excludes halogenated alkanes) is 1. The molecule has 1 amide bonds. The average Bonchev–Trinajstić information content (AvgIpc) is 3.19. The van der Waals surface area contributed by atoms with Crippen molar-refractivity contribution in [2.24, 2.45) is 5.73 Å². The number of carbonyl (C=O) groups is 1. The number of H-pyrrole nitrogens is 1. The number of hydroxylamine groups is 2. The van der Waals surface area contributed by atoms with Crippen LogP contribution in [0.1, 0.15) is 37.8 Å². The summed E-state index contributed by atoms with van der Waals surface area (Å²) < 4.78 is 0. The average molecular weight is 449 g/mol. The number of hydrogen-bond donors (Lipinski definition) is 7. The molecule has 0 fully saturated rings. The maximum Gasteiger partial charge on any atom is 0.225 e. The smallest absolute Gasteiger partial charge is 0.225 e. The summed E-state index contributed by atoms with van der Waals surface area (Å²) in [7, 11) is 0. The monoisotopic (exact) mass is 448 g/mol. The van der Waals surface area contributed by atoms with Crippen molar-refractivity contribution in [2.45, 2.75) is 38.5 Å². The van der Waals surface area contributed by atoms with Crippen molar-refractivity contribution in [1.82, 2.24) is 26.0 Å². The number of amides is 1. The van der Waals surface area contributed by atoms with E-state index in [4.69, 9.17) is 5.73 Å². The summed E-state index contributed by atoms with van der Waals surface area (Å²) in [6.07, 6.45) is 5.10. The van der Waals surface area contributed by atoms with Gasteiger partial charge in [0.05, 0.1) is 6.42 Å². The van der Waals surface area contributed by atoms with Gasteiger partial charge in [0.15, 0.2) is 0 Å². The van der Waals surface area contributed by atoms with E-state index < -0.39 is 0 Å². The predicted molar refractivity (Wildman–Crippen MR) is 128 cm³/mol. The summed E-state index contributed by atoms with van der Waals surface area (Å²) in [5, 5.41) is 31.5. The molecule has 1 aromatic carbocycles. The number of nitrogens with two attached hydrogens (primary N) is 1. The summed E-state index contributed by atoms with van der Waals surface area (Å²) in [5.41, 5.74) is 7.03. The number of carbonyl (C=O) groups excluding carboxylic acids is 1. The fourth-order valence-electron chi connectivity index (χ4n) is 3.49. The van der Waals surface area contributed by atoms with Crippen LogP contribution in [0.2, 0.25) is 0 Å². The van der Waals surface area contributed by atoms with E-state index in [1.807, 2.05) is 6.07 Å². The molecule has 0 saturated carbocycles. The lowest BCUT2D eigenvalue weighted by Gasteiger charge is -2.15. The molecule has 0 saturated heterocycles. The first-order valence-corrected chi connectivity index (χ1v) is 11.7. The van der Waals surface area contributed by atoms with Gasteiger partial charge in [-0.25, -0.2) is 0 Å². The molecule has 32 heavy (non-hydrogen) atoms. The van der Waals surface area contributed by atoms with Crippen LogP contribution in [0, 0.1) is 0 Å². The number of rotatable bonds is 18. The van der Waals surface area contributed by atoms with Gasteiger partial charge in [-0.3, -0.25) is 4.79 Å². The third kappa shape index (κ3) is 10.4. The molecule has 1 heterocycles. The number of phenolic OH excluding ortho intramolecular Hbond substituents is 1. The zero-order chi connectivity index (χ0) is 23.0. The van der Waals surface area contributed by atoms with E-state index in [0.29, 0.717) is 26.1 Å². The fourth-order valence-corrected chi connectivity index (χ4v) is 3.49. The van der Waals surface area contributed by atoms with Crippen molar-refractivity contribution >= 4 is 16.8 Å². The Balaban J connectivity index is 1.43.